The maximum absolute atomic E-state index is 13.2. The maximum atomic E-state index is 13.2. The molecule has 2 aromatic rings. The van der Waals surface area contributed by atoms with Crippen LogP contribution in [-0.4, -0.2) is 41.5 Å². The Morgan fingerprint density at radius 2 is 2.03 bits per heavy atom. The van der Waals surface area contributed by atoms with Crippen molar-refractivity contribution >= 4 is 17.2 Å². The van der Waals surface area contributed by atoms with Crippen LogP contribution in [0.4, 0.5) is 0 Å². The number of rotatable bonds is 7. The Bertz CT molecular complexity index is 881. The molecule has 0 spiro atoms. The van der Waals surface area contributed by atoms with Crippen molar-refractivity contribution in [3.8, 4) is 10.4 Å². The third kappa shape index (κ3) is 4.93. The predicted molar refractivity (Wildman–Crippen MR) is 125 cm³/mol. The molecule has 1 aromatic carbocycles. The summed E-state index contributed by atoms with van der Waals surface area (Å²) in [6.45, 7) is 14.1. The zero-order valence-corrected chi connectivity index (χ0v) is 19.6. The molecule has 0 saturated carbocycles. The monoisotopic (exact) mass is 426 g/mol. The molecule has 0 radical (unpaired) electrons. The highest BCUT2D eigenvalue weighted by molar-refractivity contribution is 7.13. The number of hydrogen-bond donors (Lipinski definition) is 2. The third-order valence-corrected chi connectivity index (χ3v) is 6.80. The van der Waals surface area contributed by atoms with Crippen LogP contribution in [0, 0.1) is 12.3 Å². The highest BCUT2D eigenvalue weighted by Gasteiger charge is 2.38. The molecular formula is C24H34N4OS. The van der Waals surface area contributed by atoms with Gasteiger partial charge in [-0.2, -0.15) is 0 Å². The third-order valence-electron chi connectivity index (χ3n) is 5.82. The Kier molecular flexibility index (Phi) is 6.98. The summed E-state index contributed by atoms with van der Waals surface area (Å²) >= 11 is 1.67. The van der Waals surface area contributed by atoms with Gasteiger partial charge in [0.05, 0.1) is 28.2 Å². The average molecular weight is 427 g/mol. The van der Waals surface area contributed by atoms with Gasteiger partial charge >= 0.3 is 0 Å². The van der Waals surface area contributed by atoms with E-state index in [2.05, 4.69) is 67.2 Å². The second-order valence-corrected chi connectivity index (χ2v) is 9.97. The lowest BCUT2D eigenvalue weighted by atomic mass is 9.85. The number of amides is 1. The Morgan fingerprint density at radius 1 is 1.33 bits per heavy atom. The van der Waals surface area contributed by atoms with Crippen LogP contribution in [0.25, 0.3) is 10.4 Å². The maximum Gasteiger partial charge on any atom is 0.240 e. The van der Waals surface area contributed by atoms with Crippen molar-refractivity contribution in [3.05, 3.63) is 53.3 Å². The van der Waals surface area contributed by atoms with Crippen LogP contribution in [-0.2, 0) is 11.3 Å². The van der Waals surface area contributed by atoms with Gasteiger partial charge in [0.1, 0.15) is 0 Å². The molecule has 2 atom stereocenters. The van der Waals surface area contributed by atoms with Crippen molar-refractivity contribution in [3.63, 3.8) is 0 Å². The van der Waals surface area contributed by atoms with Gasteiger partial charge in [-0.3, -0.25) is 4.79 Å². The van der Waals surface area contributed by atoms with E-state index in [-0.39, 0.29) is 23.4 Å². The van der Waals surface area contributed by atoms with Gasteiger partial charge in [-0.15, -0.1) is 11.3 Å². The molecule has 0 bridgehead atoms. The number of nitrogens with one attached hydrogen (secondary N) is 2. The molecule has 1 fully saturated rings. The Hall–Kier alpha value is -2.18. The lowest BCUT2D eigenvalue weighted by molar-refractivity contribution is -0.136. The van der Waals surface area contributed by atoms with E-state index in [0.717, 1.165) is 30.8 Å². The van der Waals surface area contributed by atoms with Gasteiger partial charge in [0, 0.05) is 18.8 Å². The van der Waals surface area contributed by atoms with Gasteiger partial charge in [0.2, 0.25) is 5.91 Å². The average Bonchev–Trinajstić information content (AvgIpc) is 3.35. The Labute approximate surface area is 184 Å². The Morgan fingerprint density at radius 3 is 2.60 bits per heavy atom. The van der Waals surface area contributed by atoms with Crippen LogP contribution >= 0.6 is 11.3 Å². The van der Waals surface area contributed by atoms with Crippen LogP contribution in [0.15, 0.2) is 42.1 Å². The largest absolute Gasteiger partial charge is 0.383 e. The minimum Gasteiger partial charge on any atom is -0.383 e. The summed E-state index contributed by atoms with van der Waals surface area (Å²) in [6, 6.07) is 8.42. The van der Waals surface area contributed by atoms with Crippen molar-refractivity contribution in [1.82, 2.24) is 20.5 Å². The minimum absolute atomic E-state index is 0.0508. The summed E-state index contributed by atoms with van der Waals surface area (Å²) in [5, 5.41) is 6.68. The fourth-order valence-electron chi connectivity index (χ4n) is 4.17. The first-order valence-corrected chi connectivity index (χ1v) is 11.5. The van der Waals surface area contributed by atoms with Gasteiger partial charge in [0.25, 0.3) is 0 Å². The fourth-order valence-corrected chi connectivity index (χ4v) is 4.98. The number of likely N-dealkylation sites (N-methyl/N-ethyl adjacent to an activating group) is 1. The molecule has 30 heavy (non-hydrogen) atoms. The second kappa shape index (κ2) is 9.31. The lowest BCUT2D eigenvalue weighted by Crippen LogP contribution is -2.53. The number of likely N-dealkylation sites (tertiary alicyclic amines) is 1. The molecule has 162 valence electrons. The van der Waals surface area contributed by atoms with Crippen molar-refractivity contribution in [2.45, 2.75) is 59.2 Å². The molecule has 6 heteroatoms. The highest BCUT2D eigenvalue weighted by Crippen LogP contribution is 2.29. The molecule has 1 aromatic heterocycles. The van der Waals surface area contributed by atoms with E-state index < -0.39 is 0 Å². The normalized spacial score (nSPS) is 17.8. The van der Waals surface area contributed by atoms with E-state index in [0.29, 0.717) is 6.54 Å². The molecule has 2 heterocycles. The summed E-state index contributed by atoms with van der Waals surface area (Å²) in [6.07, 6.45) is 1.97. The van der Waals surface area contributed by atoms with Crippen LogP contribution in [0.3, 0.4) is 0 Å². The number of nitrogens with zero attached hydrogens (tertiary/aromatic N) is 2. The zero-order valence-electron chi connectivity index (χ0n) is 18.8. The number of carbonyl (C=O) groups excluding carboxylic acids is 1. The molecule has 3 rings (SSSR count). The first-order chi connectivity index (χ1) is 14.2. The van der Waals surface area contributed by atoms with Crippen LogP contribution in [0.1, 0.15) is 44.9 Å². The summed E-state index contributed by atoms with van der Waals surface area (Å²) in [5.41, 5.74) is 6.14. The topological polar surface area (TPSA) is 57.3 Å². The minimum atomic E-state index is -0.200. The fraction of sp³-hybridized carbons (Fsp3) is 0.500. The zero-order chi connectivity index (χ0) is 21.9. The van der Waals surface area contributed by atoms with Crippen molar-refractivity contribution < 1.29 is 4.79 Å². The van der Waals surface area contributed by atoms with Gasteiger partial charge in [-0.05, 0) is 43.4 Å². The van der Waals surface area contributed by atoms with E-state index in [9.17, 15) is 4.79 Å². The first kappa shape index (κ1) is 22.5. The number of thiazole rings is 1. The molecule has 0 aliphatic carbocycles. The first-order valence-electron chi connectivity index (χ1n) is 10.6. The number of aryl methyl sites for hydroxylation is 1. The van der Waals surface area contributed by atoms with E-state index in [1.54, 1.807) is 11.3 Å². The van der Waals surface area contributed by atoms with E-state index in [4.69, 9.17) is 0 Å². The summed E-state index contributed by atoms with van der Waals surface area (Å²) in [7, 11) is 1.86. The summed E-state index contributed by atoms with van der Waals surface area (Å²) in [4.78, 5) is 20.7. The summed E-state index contributed by atoms with van der Waals surface area (Å²) in [5.74, 6) is 0.166. The van der Waals surface area contributed by atoms with Gasteiger partial charge < -0.3 is 15.5 Å². The number of carbonyl (C=O) groups is 1. The van der Waals surface area contributed by atoms with Gasteiger partial charge in [-0.25, -0.2) is 4.98 Å². The van der Waals surface area contributed by atoms with Crippen LogP contribution < -0.4 is 10.6 Å². The number of hydrogen-bond acceptors (Lipinski definition) is 5. The van der Waals surface area contributed by atoms with E-state index in [1.165, 1.54) is 16.0 Å². The molecular weight excluding hydrogens is 392 g/mol. The van der Waals surface area contributed by atoms with Crippen molar-refractivity contribution in [2.75, 3.05) is 13.6 Å². The molecule has 2 unspecified atom stereocenters. The predicted octanol–water partition coefficient (Wildman–Crippen LogP) is 4.35. The van der Waals surface area contributed by atoms with E-state index in [1.807, 2.05) is 24.4 Å². The van der Waals surface area contributed by atoms with Crippen LogP contribution in [0.2, 0.25) is 0 Å². The summed E-state index contributed by atoms with van der Waals surface area (Å²) < 4.78 is 0. The quantitative estimate of drug-likeness (QED) is 0.691. The molecule has 1 aliphatic rings. The highest BCUT2D eigenvalue weighted by atomic mass is 32.1. The molecule has 2 N–H and O–H groups in total. The number of aromatic nitrogens is 1. The van der Waals surface area contributed by atoms with Gasteiger partial charge in [0.15, 0.2) is 0 Å². The van der Waals surface area contributed by atoms with Crippen molar-refractivity contribution in [1.29, 1.82) is 0 Å². The molecule has 1 aliphatic heterocycles. The lowest BCUT2D eigenvalue weighted by Gasteiger charge is -2.35. The van der Waals surface area contributed by atoms with Gasteiger partial charge in [-0.1, -0.05) is 51.6 Å². The SMILES string of the molecule is C=C(NCc1ccc(-c2scnc2C)cc1)C1CCCN1C(=O)C(NC)C(C)(C)C. The molecule has 1 saturated heterocycles. The number of benzene rings is 1. The molecule has 1 amide bonds. The van der Waals surface area contributed by atoms with E-state index >= 15 is 0 Å². The van der Waals surface area contributed by atoms with Crippen molar-refractivity contribution in [2.24, 2.45) is 5.41 Å². The Balaban J connectivity index is 1.61. The second-order valence-electron chi connectivity index (χ2n) is 9.12. The standard InChI is InChI=1S/C24H34N4OS/c1-16(20-8-7-13-28(20)23(29)22(25-6)24(3,4)5)26-14-18-9-11-19(12-10-18)21-17(2)27-15-30-21/h9-12,15,20,22,25-26H,1,7-8,13-14H2,2-6H3. The smallest absolute Gasteiger partial charge is 0.240 e. The molecule has 5 nitrogen and oxygen atoms in total. The van der Waals surface area contributed by atoms with Crippen LogP contribution in [0.5, 0.6) is 0 Å².